The number of amides is 1. The Bertz CT molecular complexity index is 716. The molecule has 1 fully saturated rings. The highest BCUT2D eigenvalue weighted by Crippen LogP contribution is 2.19. The summed E-state index contributed by atoms with van der Waals surface area (Å²) in [5, 5.41) is 8.60. The van der Waals surface area contributed by atoms with Gasteiger partial charge in [0.15, 0.2) is 5.82 Å². The van der Waals surface area contributed by atoms with E-state index < -0.39 is 0 Å². The van der Waals surface area contributed by atoms with Crippen LogP contribution in [0.5, 0.6) is 0 Å². The molecule has 1 aliphatic rings. The molecule has 0 bridgehead atoms. The van der Waals surface area contributed by atoms with Crippen LogP contribution in [0.15, 0.2) is 30.3 Å². The van der Waals surface area contributed by atoms with Crippen molar-refractivity contribution >= 4 is 11.9 Å². The Balaban J connectivity index is 1.67. The summed E-state index contributed by atoms with van der Waals surface area (Å²) in [4.78, 5) is 15.9. The Kier molecular flexibility index (Phi) is 5.33. The smallest absolute Gasteiger partial charge is 0.242 e. The highest BCUT2D eigenvalue weighted by atomic mass is 16.5. The molecule has 0 N–H and O–H groups in total. The van der Waals surface area contributed by atoms with Crippen LogP contribution in [0.2, 0.25) is 0 Å². The first-order valence-electron chi connectivity index (χ1n) is 8.64. The van der Waals surface area contributed by atoms with Gasteiger partial charge in [0.05, 0.1) is 13.2 Å². The fourth-order valence-electron chi connectivity index (χ4n) is 3.00. The molecule has 3 rings (SSSR count). The number of ether oxygens (including phenoxy) is 1. The minimum absolute atomic E-state index is 0.103. The van der Waals surface area contributed by atoms with Gasteiger partial charge in [-0.2, -0.15) is 0 Å². The van der Waals surface area contributed by atoms with Crippen molar-refractivity contribution in [2.45, 2.75) is 39.6 Å². The van der Waals surface area contributed by atoms with E-state index in [1.54, 1.807) is 4.90 Å². The van der Waals surface area contributed by atoms with Gasteiger partial charge in [0.2, 0.25) is 11.9 Å². The zero-order chi connectivity index (χ0) is 17.8. The van der Waals surface area contributed by atoms with Crippen molar-refractivity contribution in [3.8, 4) is 0 Å². The topological polar surface area (TPSA) is 63.5 Å². The van der Waals surface area contributed by atoms with Crippen molar-refractivity contribution in [2.75, 3.05) is 25.0 Å². The number of carbonyl (C=O) groups excluding carboxylic acids is 1. The molecule has 2 heterocycles. The van der Waals surface area contributed by atoms with E-state index in [0.717, 1.165) is 30.4 Å². The molecule has 2 aromatic rings. The fraction of sp³-hybridized carbons (Fsp3) is 0.500. The Hall–Kier alpha value is -2.41. The molecule has 7 nitrogen and oxygen atoms in total. The van der Waals surface area contributed by atoms with Gasteiger partial charge in [-0.05, 0) is 19.4 Å². The van der Waals surface area contributed by atoms with Crippen molar-refractivity contribution in [1.29, 1.82) is 0 Å². The molecule has 1 saturated heterocycles. The van der Waals surface area contributed by atoms with Gasteiger partial charge in [0.1, 0.15) is 6.61 Å². The average molecular weight is 343 g/mol. The average Bonchev–Trinajstić information content (AvgIpc) is 3.03. The van der Waals surface area contributed by atoms with E-state index in [1.807, 2.05) is 53.8 Å². The van der Waals surface area contributed by atoms with Gasteiger partial charge in [0, 0.05) is 26.2 Å². The monoisotopic (exact) mass is 343 g/mol. The lowest BCUT2D eigenvalue weighted by Crippen LogP contribution is -2.54. The third kappa shape index (κ3) is 3.82. The first-order chi connectivity index (χ1) is 12.1. The van der Waals surface area contributed by atoms with Crippen LogP contribution in [0.1, 0.15) is 25.2 Å². The lowest BCUT2D eigenvalue weighted by atomic mass is 10.2. The number of likely N-dealkylation sites (N-methyl/N-ethyl adjacent to an activating group) is 1. The summed E-state index contributed by atoms with van der Waals surface area (Å²) in [6.07, 6.45) is 0. The van der Waals surface area contributed by atoms with Crippen molar-refractivity contribution in [3.05, 3.63) is 41.7 Å². The lowest BCUT2D eigenvalue weighted by molar-refractivity contribution is -0.131. The summed E-state index contributed by atoms with van der Waals surface area (Å²) in [6, 6.07) is 10.2. The van der Waals surface area contributed by atoms with Crippen LogP contribution >= 0.6 is 0 Å². The number of carbonyl (C=O) groups is 1. The van der Waals surface area contributed by atoms with Crippen LogP contribution in [0.4, 0.5) is 5.95 Å². The first-order valence-corrected chi connectivity index (χ1v) is 8.64. The van der Waals surface area contributed by atoms with Gasteiger partial charge in [-0.3, -0.25) is 9.36 Å². The summed E-state index contributed by atoms with van der Waals surface area (Å²) in [5.74, 6) is 1.63. The van der Waals surface area contributed by atoms with Crippen LogP contribution in [-0.4, -0.2) is 51.8 Å². The fourth-order valence-corrected chi connectivity index (χ4v) is 3.00. The molecule has 0 saturated carbocycles. The minimum atomic E-state index is 0.103. The number of hydrogen-bond acceptors (Lipinski definition) is 5. The van der Waals surface area contributed by atoms with Gasteiger partial charge in [-0.25, -0.2) is 0 Å². The molecule has 134 valence electrons. The van der Waals surface area contributed by atoms with Gasteiger partial charge in [-0.1, -0.05) is 30.3 Å². The molecule has 1 aromatic heterocycles. The van der Waals surface area contributed by atoms with Gasteiger partial charge < -0.3 is 14.5 Å². The third-order valence-electron chi connectivity index (χ3n) is 4.61. The normalized spacial score (nSPS) is 18.0. The Morgan fingerprint density at radius 1 is 1.20 bits per heavy atom. The van der Waals surface area contributed by atoms with Crippen LogP contribution in [0.25, 0.3) is 0 Å². The maximum atomic E-state index is 12.1. The van der Waals surface area contributed by atoms with Gasteiger partial charge in [0.25, 0.3) is 0 Å². The maximum absolute atomic E-state index is 12.1. The molecule has 1 atom stereocenters. The van der Waals surface area contributed by atoms with E-state index in [-0.39, 0.29) is 11.9 Å². The van der Waals surface area contributed by atoms with Crippen molar-refractivity contribution in [3.63, 3.8) is 0 Å². The number of hydrogen-bond donors (Lipinski definition) is 0. The Morgan fingerprint density at radius 2 is 1.96 bits per heavy atom. The highest BCUT2D eigenvalue weighted by molar-refractivity contribution is 5.82. The zero-order valence-corrected chi connectivity index (χ0v) is 15.1. The number of benzene rings is 1. The Labute approximate surface area is 148 Å². The molecule has 1 amide bonds. The molecule has 1 aliphatic heterocycles. The highest BCUT2D eigenvalue weighted by Gasteiger charge is 2.30. The second kappa shape index (κ2) is 7.65. The van der Waals surface area contributed by atoms with Crippen LogP contribution in [0, 0.1) is 0 Å². The summed E-state index contributed by atoms with van der Waals surface area (Å²) in [7, 11) is 1.84. The van der Waals surface area contributed by atoms with E-state index in [2.05, 4.69) is 17.1 Å². The van der Waals surface area contributed by atoms with E-state index in [9.17, 15) is 4.79 Å². The SMILES string of the molecule is CCn1c(COCc2ccccc2)nnc1N1CC(=O)N(C)[C@H](C)C1. The predicted molar refractivity (Wildman–Crippen MR) is 95.1 cm³/mol. The second-order valence-corrected chi connectivity index (χ2v) is 6.37. The van der Waals surface area contributed by atoms with E-state index >= 15 is 0 Å². The second-order valence-electron chi connectivity index (χ2n) is 6.37. The predicted octanol–water partition coefficient (Wildman–Crippen LogP) is 1.68. The van der Waals surface area contributed by atoms with E-state index in [1.165, 1.54) is 0 Å². The molecule has 7 heteroatoms. The minimum Gasteiger partial charge on any atom is -0.369 e. The number of aromatic nitrogens is 3. The summed E-state index contributed by atoms with van der Waals surface area (Å²) >= 11 is 0. The summed E-state index contributed by atoms with van der Waals surface area (Å²) in [5.41, 5.74) is 1.13. The Morgan fingerprint density at radius 3 is 2.64 bits per heavy atom. The summed E-state index contributed by atoms with van der Waals surface area (Å²) in [6.45, 7) is 6.86. The molecule has 0 aliphatic carbocycles. The van der Waals surface area contributed by atoms with Crippen LogP contribution in [0.3, 0.4) is 0 Å². The molecule has 25 heavy (non-hydrogen) atoms. The number of piperazine rings is 1. The largest absolute Gasteiger partial charge is 0.369 e. The quantitative estimate of drug-likeness (QED) is 0.798. The standard InChI is InChI=1S/C18H25N5O2/c1-4-23-16(13-25-12-15-8-6-5-7-9-15)19-20-18(23)22-10-14(2)21(3)17(24)11-22/h5-9,14H,4,10-13H2,1-3H3/t14-/m1/s1. The molecule has 1 aromatic carbocycles. The maximum Gasteiger partial charge on any atom is 0.242 e. The van der Waals surface area contributed by atoms with E-state index in [4.69, 9.17) is 4.74 Å². The number of anilines is 1. The number of rotatable bonds is 6. The third-order valence-corrected chi connectivity index (χ3v) is 4.61. The van der Waals surface area contributed by atoms with Crippen molar-refractivity contribution in [2.24, 2.45) is 0 Å². The van der Waals surface area contributed by atoms with Crippen LogP contribution < -0.4 is 4.90 Å². The molecule has 0 radical (unpaired) electrons. The van der Waals surface area contributed by atoms with Gasteiger partial charge >= 0.3 is 0 Å². The number of nitrogens with zero attached hydrogens (tertiary/aromatic N) is 5. The molecular formula is C18H25N5O2. The summed E-state index contributed by atoms with van der Waals surface area (Å²) < 4.78 is 7.82. The van der Waals surface area contributed by atoms with Crippen LogP contribution in [-0.2, 0) is 29.3 Å². The zero-order valence-electron chi connectivity index (χ0n) is 15.1. The van der Waals surface area contributed by atoms with Crippen molar-refractivity contribution < 1.29 is 9.53 Å². The first kappa shape index (κ1) is 17.4. The van der Waals surface area contributed by atoms with E-state index in [0.29, 0.717) is 19.8 Å². The van der Waals surface area contributed by atoms with Gasteiger partial charge in [-0.15, -0.1) is 10.2 Å². The van der Waals surface area contributed by atoms with Crippen molar-refractivity contribution in [1.82, 2.24) is 19.7 Å². The molecule has 0 unspecified atom stereocenters. The lowest BCUT2D eigenvalue weighted by Gasteiger charge is -2.37. The molecule has 0 spiro atoms. The molecular weight excluding hydrogens is 318 g/mol.